The molecule has 0 spiro atoms. The third-order valence-corrected chi connectivity index (χ3v) is 10.7. The lowest BCUT2D eigenvalue weighted by molar-refractivity contribution is -0.161. The van der Waals surface area contributed by atoms with Crippen LogP contribution in [0.5, 0.6) is 0 Å². The highest BCUT2D eigenvalue weighted by atomic mass is 31.2. The van der Waals surface area contributed by atoms with Gasteiger partial charge in [-0.25, -0.2) is 4.57 Å². The predicted molar refractivity (Wildman–Crippen MR) is 229 cm³/mol. The molecule has 0 fully saturated rings. The molecule has 3 atom stereocenters. The van der Waals surface area contributed by atoms with Crippen molar-refractivity contribution in [3.8, 4) is 0 Å². The average Bonchev–Trinajstić information content (AvgIpc) is 3.18. The van der Waals surface area contributed by atoms with Crippen LogP contribution in [0.3, 0.4) is 0 Å². The predicted octanol–water partition coefficient (Wildman–Crippen LogP) is 11.2. The molecule has 0 rings (SSSR count). The van der Waals surface area contributed by atoms with Crippen LogP contribution in [-0.2, 0) is 37.5 Å². The van der Waals surface area contributed by atoms with Gasteiger partial charge in [-0.3, -0.25) is 23.4 Å². The topological polar surface area (TPSA) is 166 Å². The van der Waals surface area contributed by atoms with Crippen molar-refractivity contribution in [1.82, 2.24) is 0 Å². The molecule has 0 aromatic carbocycles. The summed E-state index contributed by atoms with van der Waals surface area (Å²) >= 11 is 0. The van der Waals surface area contributed by atoms with Gasteiger partial charge in [-0.15, -0.1) is 0 Å². The Morgan fingerprint density at radius 2 is 1.11 bits per heavy atom. The molecule has 0 aliphatic heterocycles. The Morgan fingerprint density at radius 1 is 0.614 bits per heavy atom. The second-order valence-electron chi connectivity index (χ2n) is 15.9. The molecule has 0 saturated heterocycles. The first-order valence-electron chi connectivity index (χ1n) is 22.6. The number of esters is 2. The Labute approximate surface area is 346 Å². The van der Waals surface area contributed by atoms with Gasteiger partial charge in [-0.05, 0) is 44.1 Å². The van der Waals surface area contributed by atoms with Crippen molar-refractivity contribution >= 4 is 25.5 Å². The van der Waals surface area contributed by atoms with Crippen molar-refractivity contribution in [2.24, 2.45) is 5.92 Å². The Morgan fingerprint density at radius 3 is 1.63 bits per heavy atom. The number of allylic oxidation sites excluding steroid dienone is 4. The van der Waals surface area contributed by atoms with Crippen LogP contribution in [0.2, 0.25) is 0 Å². The van der Waals surface area contributed by atoms with Crippen LogP contribution >= 0.6 is 7.82 Å². The minimum atomic E-state index is -4.64. The smallest absolute Gasteiger partial charge is 0.462 e. The molecule has 0 aromatic rings. The van der Waals surface area contributed by atoms with E-state index in [2.05, 4.69) is 31.4 Å². The summed E-state index contributed by atoms with van der Waals surface area (Å²) in [6.07, 6.45) is 33.9. The number of carbonyl (C=O) groups excluding carboxylic acids is 3. The molecule has 11 nitrogen and oxygen atoms in total. The van der Waals surface area contributed by atoms with Gasteiger partial charge in [-0.2, -0.15) is 0 Å². The number of unbranched alkanes of at least 4 members (excludes halogenated alkanes) is 21. The van der Waals surface area contributed by atoms with E-state index < -0.39 is 51.8 Å². The van der Waals surface area contributed by atoms with E-state index >= 15 is 0 Å². The highest BCUT2D eigenvalue weighted by Crippen LogP contribution is 2.43. The zero-order chi connectivity index (χ0) is 42.2. The van der Waals surface area contributed by atoms with Gasteiger partial charge in [-0.1, -0.05) is 167 Å². The monoisotopic (exact) mass is 831 g/mol. The lowest BCUT2D eigenvalue weighted by Crippen LogP contribution is -2.29. The number of phosphoric acid groups is 1. The van der Waals surface area contributed by atoms with Gasteiger partial charge in [0.1, 0.15) is 12.7 Å². The van der Waals surface area contributed by atoms with Gasteiger partial charge in [0.05, 0.1) is 19.8 Å². The quantitative estimate of drug-likeness (QED) is 0.0176. The first kappa shape index (κ1) is 55.1. The van der Waals surface area contributed by atoms with Gasteiger partial charge < -0.3 is 24.6 Å². The van der Waals surface area contributed by atoms with Gasteiger partial charge in [0.15, 0.2) is 11.9 Å². The van der Waals surface area contributed by atoms with Gasteiger partial charge >= 0.3 is 19.8 Å². The molecule has 12 heteroatoms. The van der Waals surface area contributed by atoms with E-state index in [0.29, 0.717) is 19.3 Å². The van der Waals surface area contributed by atoms with Gasteiger partial charge in [0.25, 0.3) is 0 Å². The number of carbonyl (C=O) groups is 3. The number of aliphatic hydroxyl groups is 2. The van der Waals surface area contributed by atoms with E-state index in [0.717, 1.165) is 57.3 Å². The second-order valence-corrected chi connectivity index (χ2v) is 17.4. The fourth-order valence-corrected chi connectivity index (χ4v) is 7.01. The van der Waals surface area contributed by atoms with Crippen molar-refractivity contribution < 1.29 is 52.6 Å². The molecule has 0 aromatic heterocycles. The molecular weight excluding hydrogens is 747 g/mol. The molecule has 0 aliphatic carbocycles. The van der Waals surface area contributed by atoms with Crippen LogP contribution in [0, 0.1) is 5.92 Å². The Balaban J connectivity index is 4.32. The zero-order valence-corrected chi connectivity index (χ0v) is 37.1. The fraction of sp³-hybridized carbons (Fsp3) is 0.844. The summed E-state index contributed by atoms with van der Waals surface area (Å²) in [6.45, 7) is 4.55. The minimum absolute atomic E-state index is 0.109. The Kier molecular flexibility index (Phi) is 38.3. The normalized spacial score (nSPS) is 14.0. The summed E-state index contributed by atoms with van der Waals surface area (Å²) in [4.78, 5) is 47.0. The highest BCUT2D eigenvalue weighted by molar-refractivity contribution is 7.47. The molecule has 57 heavy (non-hydrogen) atoms. The molecule has 0 bridgehead atoms. The first-order chi connectivity index (χ1) is 27.5. The Hall–Kier alpha value is -1.88. The summed E-state index contributed by atoms with van der Waals surface area (Å²) in [5.41, 5.74) is 0. The summed E-state index contributed by atoms with van der Waals surface area (Å²) in [5.74, 6) is -0.0797. The Bertz CT molecular complexity index is 1080. The maximum Gasteiger partial charge on any atom is 0.472 e. The van der Waals surface area contributed by atoms with Crippen molar-refractivity contribution in [2.45, 2.75) is 213 Å². The van der Waals surface area contributed by atoms with E-state index in [-0.39, 0.29) is 25.2 Å². The number of rotatable bonds is 42. The molecule has 1 unspecified atom stereocenters. The van der Waals surface area contributed by atoms with E-state index in [1.54, 1.807) is 12.2 Å². The van der Waals surface area contributed by atoms with Crippen LogP contribution in [0.1, 0.15) is 201 Å². The van der Waals surface area contributed by atoms with Gasteiger partial charge in [0.2, 0.25) is 0 Å². The number of ketones is 1. The SMILES string of the molecule is CCCCC/C=C\C=C\C(=O)CCCCCCCC(=O)OC[C@H](COP(=O)(O)OC[C@@H](O)CO)OC(=O)CCCCCCCCCCCCCCCCCC(C)C. The largest absolute Gasteiger partial charge is 0.472 e. The number of ether oxygens (including phenoxy) is 2. The van der Waals surface area contributed by atoms with Crippen molar-refractivity contribution in [3.05, 3.63) is 24.3 Å². The lowest BCUT2D eigenvalue weighted by atomic mass is 10.0. The van der Waals surface area contributed by atoms with Crippen molar-refractivity contribution in [2.75, 3.05) is 26.4 Å². The summed E-state index contributed by atoms with van der Waals surface area (Å²) in [5, 5.41) is 18.3. The third-order valence-electron chi connectivity index (χ3n) is 9.76. The molecule has 0 radical (unpaired) electrons. The summed E-state index contributed by atoms with van der Waals surface area (Å²) in [7, 11) is -4.64. The third kappa shape index (κ3) is 40.7. The van der Waals surface area contributed by atoms with Gasteiger partial charge in [0, 0.05) is 19.3 Å². The molecule has 3 N–H and O–H groups in total. The van der Waals surface area contributed by atoms with Crippen LogP contribution in [0.15, 0.2) is 24.3 Å². The minimum Gasteiger partial charge on any atom is -0.462 e. The molecule has 0 aliphatic rings. The maximum absolute atomic E-state index is 12.6. The molecule has 334 valence electrons. The number of hydrogen-bond acceptors (Lipinski definition) is 10. The second kappa shape index (κ2) is 39.6. The maximum atomic E-state index is 12.6. The average molecular weight is 831 g/mol. The molecular formula is C45H83O11P. The first-order valence-corrected chi connectivity index (χ1v) is 24.1. The van der Waals surface area contributed by atoms with E-state index in [9.17, 15) is 28.9 Å². The highest BCUT2D eigenvalue weighted by Gasteiger charge is 2.27. The standard InChI is InChI=1S/C45H83O11P/c1-4-5-6-7-17-22-27-32-41(47)33-28-23-20-25-29-34-44(49)53-38-43(39-55-57(51,52)54-37-42(48)36-46)56-45(50)35-30-24-19-16-14-12-10-8-9-11-13-15-18-21-26-31-40(2)3/h17,22,27,32,40,42-43,46,48H,4-16,18-21,23-26,28-31,33-39H2,1-3H3,(H,51,52)/b22-17-,32-27+/t42-,43+/m0/s1. The number of phosphoric ester groups is 1. The van der Waals surface area contributed by atoms with Crippen molar-refractivity contribution in [3.63, 3.8) is 0 Å². The molecule has 0 amide bonds. The van der Waals surface area contributed by atoms with Crippen LogP contribution in [0.25, 0.3) is 0 Å². The number of hydrogen-bond donors (Lipinski definition) is 3. The van der Waals surface area contributed by atoms with E-state index in [4.69, 9.17) is 19.1 Å². The van der Waals surface area contributed by atoms with Crippen LogP contribution in [0.4, 0.5) is 0 Å². The summed E-state index contributed by atoms with van der Waals surface area (Å²) < 4.78 is 32.7. The van der Waals surface area contributed by atoms with E-state index in [1.807, 2.05) is 6.08 Å². The fourth-order valence-electron chi connectivity index (χ4n) is 6.22. The van der Waals surface area contributed by atoms with Crippen molar-refractivity contribution in [1.29, 1.82) is 0 Å². The molecule has 0 heterocycles. The summed E-state index contributed by atoms with van der Waals surface area (Å²) in [6, 6.07) is 0. The van der Waals surface area contributed by atoms with E-state index in [1.165, 1.54) is 96.3 Å². The lowest BCUT2D eigenvalue weighted by Gasteiger charge is -2.20. The number of aliphatic hydroxyl groups excluding tert-OH is 2. The van der Waals surface area contributed by atoms with Crippen LogP contribution in [-0.4, -0.2) is 71.5 Å². The van der Waals surface area contributed by atoms with Crippen LogP contribution < -0.4 is 0 Å². The molecule has 0 saturated carbocycles. The zero-order valence-electron chi connectivity index (χ0n) is 36.2.